The molecule has 0 N–H and O–H groups in total. The van der Waals surface area contributed by atoms with Gasteiger partial charge in [-0.05, 0) is 35.8 Å². The van der Waals surface area contributed by atoms with Crippen molar-refractivity contribution >= 4 is 11.9 Å². The molecule has 0 heterocycles. The van der Waals surface area contributed by atoms with Crippen molar-refractivity contribution in [2.24, 2.45) is 0 Å². The normalized spacial score (nSPS) is 10.8. The van der Waals surface area contributed by atoms with E-state index in [-0.39, 0.29) is 11.6 Å². The first-order valence-electron chi connectivity index (χ1n) is 6.26. The molecular formula is C17H15FO. The van der Waals surface area contributed by atoms with Crippen molar-refractivity contribution < 1.29 is 9.18 Å². The lowest BCUT2D eigenvalue weighted by Crippen LogP contribution is -1.94. The summed E-state index contributed by atoms with van der Waals surface area (Å²) in [6, 6.07) is 13.6. The molecule has 96 valence electrons. The molecular weight excluding hydrogens is 239 g/mol. The van der Waals surface area contributed by atoms with E-state index in [1.807, 2.05) is 24.3 Å². The van der Waals surface area contributed by atoms with Crippen molar-refractivity contribution in [1.82, 2.24) is 0 Å². The molecule has 0 aromatic heterocycles. The average molecular weight is 254 g/mol. The van der Waals surface area contributed by atoms with Gasteiger partial charge in [-0.3, -0.25) is 4.79 Å². The van der Waals surface area contributed by atoms with E-state index in [1.165, 1.54) is 23.8 Å². The minimum Gasteiger partial charge on any atom is -0.289 e. The summed E-state index contributed by atoms with van der Waals surface area (Å²) in [5.41, 5.74) is 2.68. The van der Waals surface area contributed by atoms with E-state index in [4.69, 9.17) is 0 Å². The fourth-order valence-corrected chi connectivity index (χ4v) is 1.75. The van der Waals surface area contributed by atoms with Crippen LogP contribution < -0.4 is 0 Å². The maximum Gasteiger partial charge on any atom is 0.185 e. The molecule has 2 rings (SSSR count). The number of carbonyl (C=O) groups is 1. The van der Waals surface area contributed by atoms with Gasteiger partial charge < -0.3 is 0 Å². The second-order valence-corrected chi connectivity index (χ2v) is 4.30. The summed E-state index contributed by atoms with van der Waals surface area (Å²) >= 11 is 0. The largest absolute Gasteiger partial charge is 0.289 e. The van der Waals surface area contributed by atoms with Gasteiger partial charge in [-0.1, -0.05) is 49.4 Å². The Morgan fingerprint density at radius 3 is 2.26 bits per heavy atom. The van der Waals surface area contributed by atoms with Crippen LogP contribution in [0.4, 0.5) is 4.39 Å². The summed E-state index contributed by atoms with van der Waals surface area (Å²) in [5, 5.41) is 0. The molecule has 2 aromatic rings. The second kappa shape index (κ2) is 6.10. The summed E-state index contributed by atoms with van der Waals surface area (Å²) in [7, 11) is 0. The van der Waals surface area contributed by atoms with Crippen molar-refractivity contribution in [2.75, 3.05) is 0 Å². The molecule has 0 bridgehead atoms. The summed E-state index contributed by atoms with van der Waals surface area (Å²) in [5.74, 6) is -0.328. The highest BCUT2D eigenvalue weighted by Crippen LogP contribution is 2.09. The van der Waals surface area contributed by atoms with Gasteiger partial charge in [0.15, 0.2) is 5.78 Å². The van der Waals surface area contributed by atoms with E-state index < -0.39 is 0 Å². The molecule has 2 heteroatoms. The van der Waals surface area contributed by atoms with E-state index in [2.05, 4.69) is 6.92 Å². The van der Waals surface area contributed by atoms with Gasteiger partial charge in [0.25, 0.3) is 0 Å². The van der Waals surface area contributed by atoms with E-state index in [0.29, 0.717) is 5.56 Å². The molecule has 0 spiro atoms. The summed E-state index contributed by atoms with van der Waals surface area (Å²) in [6.45, 7) is 2.07. The Balaban J connectivity index is 2.09. The van der Waals surface area contributed by atoms with Gasteiger partial charge in [0.05, 0.1) is 0 Å². The van der Waals surface area contributed by atoms with Crippen LogP contribution in [0.1, 0.15) is 28.4 Å². The third-order valence-electron chi connectivity index (χ3n) is 2.94. The molecule has 19 heavy (non-hydrogen) atoms. The molecule has 0 radical (unpaired) electrons. The van der Waals surface area contributed by atoms with E-state index in [1.54, 1.807) is 18.2 Å². The lowest BCUT2D eigenvalue weighted by Gasteiger charge is -1.99. The van der Waals surface area contributed by atoms with E-state index in [0.717, 1.165) is 12.0 Å². The smallest absolute Gasteiger partial charge is 0.185 e. The van der Waals surface area contributed by atoms with E-state index >= 15 is 0 Å². The molecule has 2 aromatic carbocycles. The number of halogens is 1. The minimum atomic E-state index is -0.279. The predicted molar refractivity (Wildman–Crippen MR) is 75.6 cm³/mol. The first-order valence-corrected chi connectivity index (χ1v) is 6.26. The molecule has 0 amide bonds. The van der Waals surface area contributed by atoms with E-state index in [9.17, 15) is 9.18 Å². The quantitative estimate of drug-likeness (QED) is 0.587. The maximum absolute atomic E-state index is 12.7. The van der Waals surface area contributed by atoms with Crippen LogP contribution in [0.25, 0.3) is 6.08 Å². The molecule has 0 aliphatic carbocycles. The van der Waals surface area contributed by atoms with Gasteiger partial charge in [0.2, 0.25) is 0 Å². The zero-order valence-corrected chi connectivity index (χ0v) is 10.8. The average Bonchev–Trinajstić information content (AvgIpc) is 2.46. The minimum absolute atomic E-state index is 0.0491. The first kappa shape index (κ1) is 13.2. The summed E-state index contributed by atoms with van der Waals surface area (Å²) in [4.78, 5) is 11.9. The van der Waals surface area contributed by atoms with Crippen molar-refractivity contribution in [3.8, 4) is 0 Å². The van der Waals surface area contributed by atoms with Gasteiger partial charge in [-0.15, -0.1) is 0 Å². The lowest BCUT2D eigenvalue weighted by molar-refractivity contribution is 0.104. The Kier molecular flexibility index (Phi) is 4.24. The number of hydrogen-bond donors (Lipinski definition) is 0. The van der Waals surface area contributed by atoms with Crippen molar-refractivity contribution in [2.45, 2.75) is 13.3 Å². The molecule has 0 fully saturated rings. The van der Waals surface area contributed by atoms with Crippen LogP contribution >= 0.6 is 0 Å². The van der Waals surface area contributed by atoms with Crippen LogP contribution in [0.5, 0.6) is 0 Å². The van der Waals surface area contributed by atoms with Gasteiger partial charge in [-0.25, -0.2) is 4.39 Å². The molecule has 0 aliphatic heterocycles. The highest BCUT2D eigenvalue weighted by molar-refractivity contribution is 6.06. The van der Waals surface area contributed by atoms with Crippen LogP contribution in [-0.2, 0) is 6.42 Å². The Morgan fingerprint density at radius 1 is 1.05 bits per heavy atom. The number of carbonyl (C=O) groups excluding carboxylic acids is 1. The Hall–Kier alpha value is -2.22. The van der Waals surface area contributed by atoms with Gasteiger partial charge >= 0.3 is 0 Å². The maximum atomic E-state index is 12.7. The number of rotatable bonds is 4. The molecule has 0 unspecified atom stereocenters. The SMILES string of the molecule is CCc1ccc(C(=O)/C=C/c2ccc(F)cc2)cc1. The highest BCUT2D eigenvalue weighted by atomic mass is 19.1. The van der Waals surface area contributed by atoms with Crippen LogP contribution in [0.2, 0.25) is 0 Å². The standard InChI is InChI=1S/C17H15FO/c1-2-13-3-8-15(9-4-13)17(19)12-7-14-5-10-16(18)11-6-14/h3-12H,2H2,1H3/b12-7+. The summed E-state index contributed by atoms with van der Waals surface area (Å²) in [6.07, 6.45) is 4.16. The van der Waals surface area contributed by atoms with Crippen molar-refractivity contribution in [3.05, 3.63) is 77.1 Å². The Morgan fingerprint density at radius 2 is 1.68 bits per heavy atom. The molecule has 0 aliphatic rings. The molecule has 0 saturated carbocycles. The Bertz CT molecular complexity index is 580. The fraction of sp³-hybridized carbons (Fsp3) is 0.118. The number of hydrogen-bond acceptors (Lipinski definition) is 1. The van der Waals surface area contributed by atoms with Gasteiger partial charge in [0.1, 0.15) is 5.82 Å². The monoisotopic (exact) mass is 254 g/mol. The Labute approximate surface area is 112 Å². The highest BCUT2D eigenvalue weighted by Gasteiger charge is 2.01. The third kappa shape index (κ3) is 3.62. The number of allylic oxidation sites excluding steroid dienone is 1. The van der Waals surface area contributed by atoms with Crippen molar-refractivity contribution in [1.29, 1.82) is 0 Å². The van der Waals surface area contributed by atoms with Crippen molar-refractivity contribution in [3.63, 3.8) is 0 Å². The van der Waals surface area contributed by atoms with Gasteiger partial charge in [-0.2, -0.15) is 0 Å². The second-order valence-electron chi connectivity index (χ2n) is 4.30. The number of ketones is 1. The number of benzene rings is 2. The lowest BCUT2D eigenvalue weighted by atomic mass is 10.1. The zero-order valence-electron chi connectivity index (χ0n) is 10.8. The first-order chi connectivity index (χ1) is 9.19. The predicted octanol–water partition coefficient (Wildman–Crippen LogP) is 4.28. The van der Waals surface area contributed by atoms with Gasteiger partial charge in [0, 0.05) is 5.56 Å². The van der Waals surface area contributed by atoms with Crippen LogP contribution in [-0.4, -0.2) is 5.78 Å². The fourth-order valence-electron chi connectivity index (χ4n) is 1.75. The van der Waals surface area contributed by atoms with Crippen LogP contribution in [0, 0.1) is 5.82 Å². The molecule has 0 saturated heterocycles. The zero-order chi connectivity index (χ0) is 13.7. The molecule has 0 atom stereocenters. The van der Waals surface area contributed by atoms with Crippen LogP contribution in [0.3, 0.4) is 0 Å². The number of aryl methyl sites for hydroxylation is 1. The third-order valence-corrected chi connectivity index (χ3v) is 2.94. The molecule has 1 nitrogen and oxygen atoms in total. The van der Waals surface area contributed by atoms with Crippen LogP contribution in [0.15, 0.2) is 54.6 Å². The summed E-state index contributed by atoms with van der Waals surface area (Å²) < 4.78 is 12.7. The topological polar surface area (TPSA) is 17.1 Å².